The molecule has 0 aliphatic carbocycles. The average Bonchev–Trinajstić information content (AvgIpc) is 2.65. The van der Waals surface area contributed by atoms with Gasteiger partial charge in [-0.15, -0.1) is 0 Å². The summed E-state index contributed by atoms with van der Waals surface area (Å²) in [5.74, 6) is 0.773. The Labute approximate surface area is 155 Å². The lowest BCUT2D eigenvalue weighted by molar-refractivity contribution is -0.00559. The van der Waals surface area contributed by atoms with Crippen LogP contribution in [0.5, 0.6) is 5.75 Å². The second-order valence-electron chi connectivity index (χ2n) is 5.90. The van der Waals surface area contributed by atoms with E-state index in [9.17, 15) is 8.42 Å². The summed E-state index contributed by atoms with van der Waals surface area (Å²) in [6.07, 6.45) is 0.329. The SMILES string of the molecule is COS(=O)(=O)CCCOCCOC(C)COc1ccc2ccccc2c1. The van der Waals surface area contributed by atoms with Gasteiger partial charge in [0, 0.05) is 6.61 Å². The average molecular weight is 382 g/mol. The van der Waals surface area contributed by atoms with E-state index in [2.05, 4.69) is 16.3 Å². The smallest absolute Gasteiger partial charge is 0.267 e. The van der Waals surface area contributed by atoms with Crippen molar-refractivity contribution in [1.29, 1.82) is 0 Å². The molecule has 7 heteroatoms. The molecule has 1 unspecified atom stereocenters. The van der Waals surface area contributed by atoms with Crippen LogP contribution in [0.25, 0.3) is 10.8 Å². The van der Waals surface area contributed by atoms with Crippen molar-refractivity contribution in [2.75, 3.05) is 39.3 Å². The molecule has 0 N–H and O–H groups in total. The van der Waals surface area contributed by atoms with Crippen LogP contribution in [-0.4, -0.2) is 53.8 Å². The van der Waals surface area contributed by atoms with Crippen LogP contribution in [0.4, 0.5) is 0 Å². The zero-order valence-corrected chi connectivity index (χ0v) is 16.0. The lowest BCUT2D eigenvalue weighted by Gasteiger charge is -2.15. The first kappa shape index (κ1) is 20.6. The Kier molecular flexibility index (Phi) is 8.31. The van der Waals surface area contributed by atoms with Gasteiger partial charge in [0.25, 0.3) is 10.1 Å². The molecule has 2 rings (SSSR count). The quantitative estimate of drug-likeness (QED) is 0.415. The third-order valence-corrected chi connectivity index (χ3v) is 5.07. The summed E-state index contributed by atoms with van der Waals surface area (Å²) in [5.41, 5.74) is 0. The summed E-state index contributed by atoms with van der Waals surface area (Å²) >= 11 is 0. The minimum atomic E-state index is -3.40. The highest BCUT2D eigenvalue weighted by atomic mass is 32.2. The molecule has 0 spiro atoms. The first-order chi connectivity index (χ1) is 12.5. The lowest BCUT2D eigenvalue weighted by atomic mass is 10.1. The molecule has 2 aromatic rings. The third-order valence-electron chi connectivity index (χ3n) is 3.77. The fourth-order valence-electron chi connectivity index (χ4n) is 2.35. The monoisotopic (exact) mass is 382 g/mol. The maximum Gasteiger partial charge on any atom is 0.267 e. The van der Waals surface area contributed by atoms with Gasteiger partial charge in [0.2, 0.25) is 0 Å². The summed E-state index contributed by atoms with van der Waals surface area (Å²) in [4.78, 5) is 0. The van der Waals surface area contributed by atoms with E-state index in [0.29, 0.717) is 32.8 Å². The van der Waals surface area contributed by atoms with E-state index in [-0.39, 0.29) is 11.9 Å². The molecular formula is C19H26O6S. The molecule has 0 heterocycles. The second-order valence-corrected chi connectivity index (χ2v) is 7.75. The van der Waals surface area contributed by atoms with Gasteiger partial charge in [-0.1, -0.05) is 30.3 Å². The molecule has 2 aromatic carbocycles. The van der Waals surface area contributed by atoms with Gasteiger partial charge < -0.3 is 14.2 Å². The van der Waals surface area contributed by atoms with E-state index in [1.54, 1.807) is 0 Å². The van der Waals surface area contributed by atoms with Crippen LogP contribution < -0.4 is 4.74 Å². The highest BCUT2D eigenvalue weighted by Crippen LogP contribution is 2.20. The highest BCUT2D eigenvalue weighted by Gasteiger charge is 2.08. The number of benzene rings is 2. The Balaban J connectivity index is 1.58. The largest absolute Gasteiger partial charge is 0.491 e. The number of fused-ring (bicyclic) bond motifs is 1. The fraction of sp³-hybridized carbons (Fsp3) is 0.474. The maximum atomic E-state index is 11.1. The van der Waals surface area contributed by atoms with Crippen LogP contribution in [0.1, 0.15) is 13.3 Å². The molecule has 0 bridgehead atoms. The van der Waals surface area contributed by atoms with E-state index in [4.69, 9.17) is 14.2 Å². The van der Waals surface area contributed by atoms with Crippen molar-refractivity contribution in [3.63, 3.8) is 0 Å². The van der Waals surface area contributed by atoms with E-state index in [1.165, 1.54) is 5.39 Å². The number of hydrogen-bond donors (Lipinski definition) is 0. The second kappa shape index (κ2) is 10.5. The predicted octanol–water partition coefficient (Wildman–Crippen LogP) is 3.01. The molecule has 0 saturated heterocycles. The summed E-state index contributed by atoms with van der Waals surface area (Å²) in [7, 11) is -2.24. The van der Waals surface area contributed by atoms with Crippen LogP contribution in [-0.2, 0) is 23.8 Å². The summed E-state index contributed by atoms with van der Waals surface area (Å²) in [5, 5.41) is 2.32. The number of rotatable bonds is 12. The molecule has 0 aliphatic heterocycles. The molecular weight excluding hydrogens is 356 g/mol. The third kappa shape index (κ3) is 7.29. The Morgan fingerprint density at radius 1 is 1.00 bits per heavy atom. The van der Waals surface area contributed by atoms with Crippen molar-refractivity contribution >= 4 is 20.9 Å². The molecule has 1 atom stereocenters. The van der Waals surface area contributed by atoms with E-state index in [1.807, 2.05) is 37.3 Å². The minimum Gasteiger partial charge on any atom is -0.491 e. The predicted molar refractivity (Wildman–Crippen MR) is 101 cm³/mol. The van der Waals surface area contributed by atoms with Crippen molar-refractivity contribution in [2.45, 2.75) is 19.4 Å². The van der Waals surface area contributed by atoms with Crippen LogP contribution in [0.15, 0.2) is 42.5 Å². The van der Waals surface area contributed by atoms with E-state index >= 15 is 0 Å². The van der Waals surface area contributed by atoms with Crippen molar-refractivity contribution in [1.82, 2.24) is 0 Å². The van der Waals surface area contributed by atoms with Gasteiger partial charge in [-0.3, -0.25) is 4.18 Å². The first-order valence-corrected chi connectivity index (χ1v) is 10.2. The minimum absolute atomic E-state index is 0.0413. The van der Waals surface area contributed by atoms with Gasteiger partial charge >= 0.3 is 0 Å². The fourth-order valence-corrected chi connectivity index (χ4v) is 2.99. The number of hydrogen-bond acceptors (Lipinski definition) is 6. The molecule has 144 valence electrons. The zero-order valence-electron chi connectivity index (χ0n) is 15.2. The topological polar surface area (TPSA) is 71.1 Å². The normalized spacial score (nSPS) is 13.0. The van der Waals surface area contributed by atoms with Crippen LogP contribution in [0.2, 0.25) is 0 Å². The van der Waals surface area contributed by atoms with Gasteiger partial charge in [0.15, 0.2) is 0 Å². The molecule has 6 nitrogen and oxygen atoms in total. The summed E-state index contributed by atoms with van der Waals surface area (Å²) < 4.78 is 43.4. The molecule has 26 heavy (non-hydrogen) atoms. The van der Waals surface area contributed by atoms with Crippen molar-refractivity contribution in [3.8, 4) is 5.75 Å². The molecule has 0 fully saturated rings. The van der Waals surface area contributed by atoms with Gasteiger partial charge in [0.1, 0.15) is 12.4 Å². The zero-order chi connectivity index (χ0) is 18.8. The first-order valence-electron chi connectivity index (χ1n) is 8.59. The Bertz CT molecular complexity index is 774. The summed E-state index contributed by atoms with van der Waals surface area (Å²) in [6.45, 7) is 3.58. The van der Waals surface area contributed by atoms with Crippen LogP contribution >= 0.6 is 0 Å². The molecule has 0 amide bonds. The Morgan fingerprint density at radius 3 is 2.54 bits per heavy atom. The van der Waals surface area contributed by atoms with Crippen molar-refractivity contribution < 1.29 is 26.8 Å². The van der Waals surface area contributed by atoms with Crippen molar-refractivity contribution in [2.24, 2.45) is 0 Å². The Morgan fingerprint density at radius 2 is 1.77 bits per heavy atom. The maximum absolute atomic E-state index is 11.1. The highest BCUT2D eigenvalue weighted by molar-refractivity contribution is 7.86. The van der Waals surface area contributed by atoms with Crippen molar-refractivity contribution in [3.05, 3.63) is 42.5 Å². The van der Waals surface area contributed by atoms with Crippen LogP contribution in [0, 0.1) is 0 Å². The molecule has 0 aromatic heterocycles. The van der Waals surface area contributed by atoms with Crippen LogP contribution in [0.3, 0.4) is 0 Å². The molecule has 0 aliphatic rings. The van der Waals surface area contributed by atoms with E-state index in [0.717, 1.165) is 18.2 Å². The molecule has 0 radical (unpaired) electrons. The lowest BCUT2D eigenvalue weighted by Crippen LogP contribution is -2.20. The number of ether oxygens (including phenoxy) is 3. The van der Waals surface area contributed by atoms with Gasteiger partial charge in [-0.05, 0) is 36.2 Å². The Hall–Kier alpha value is -1.67. The van der Waals surface area contributed by atoms with Gasteiger partial charge in [-0.25, -0.2) is 0 Å². The standard InChI is InChI=1S/C19H26O6S/c1-16(24-12-11-23-10-5-13-26(20,21)22-2)15-25-19-9-8-17-6-3-4-7-18(17)14-19/h3-4,6-9,14,16H,5,10-13,15H2,1-2H3. The van der Waals surface area contributed by atoms with Gasteiger partial charge in [0.05, 0.1) is 32.2 Å². The molecule has 0 saturated carbocycles. The van der Waals surface area contributed by atoms with E-state index < -0.39 is 10.1 Å². The van der Waals surface area contributed by atoms with Gasteiger partial charge in [-0.2, -0.15) is 8.42 Å². The summed E-state index contributed by atoms with van der Waals surface area (Å²) in [6, 6.07) is 14.1.